The second-order valence-corrected chi connectivity index (χ2v) is 8.17. The predicted octanol–water partition coefficient (Wildman–Crippen LogP) is 5.35. The second-order valence-electron chi connectivity index (χ2n) is 8.17. The third-order valence-electron chi connectivity index (χ3n) is 5.72. The molecule has 1 amide bonds. The summed E-state index contributed by atoms with van der Waals surface area (Å²) >= 11 is 0. The fourth-order valence-corrected chi connectivity index (χ4v) is 3.76. The van der Waals surface area contributed by atoms with E-state index in [1.54, 1.807) is 17.8 Å². The number of benzene rings is 3. The minimum atomic E-state index is -4.37. The van der Waals surface area contributed by atoms with E-state index in [0.29, 0.717) is 17.8 Å². The molecule has 0 aliphatic heterocycles. The van der Waals surface area contributed by atoms with Gasteiger partial charge in [-0.05, 0) is 66.6 Å². The molecule has 0 fully saturated rings. The summed E-state index contributed by atoms with van der Waals surface area (Å²) in [6.45, 7) is 1.39. The Bertz CT molecular complexity index is 1310. The van der Waals surface area contributed by atoms with E-state index < -0.39 is 11.7 Å². The van der Waals surface area contributed by atoms with Crippen molar-refractivity contribution in [2.24, 2.45) is 5.73 Å². The average molecular weight is 494 g/mol. The highest BCUT2D eigenvalue weighted by molar-refractivity contribution is 5.93. The SMILES string of the molecule is CNC(=O)c1cc(-c2ccc(-c3ccc(C(F)(F)F)cc3)cc2)n(-c2ccc(NCCCN)cc2)n1. The summed E-state index contributed by atoms with van der Waals surface area (Å²) in [6.07, 6.45) is -3.51. The molecule has 0 unspecified atom stereocenters. The number of nitrogens with zero attached hydrogens (tertiary/aromatic N) is 2. The zero-order valence-corrected chi connectivity index (χ0v) is 19.6. The molecule has 1 aromatic heterocycles. The van der Waals surface area contributed by atoms with Crippen molar-refractivity contribution in [2.75, 3.05) is 25.5 Å². The van der Waals surface area contributed by atoms with Crippen molar-refractivity contribution in [1.82, 2.24) is 15.1 Å². The Morgan fingerprint density at radius 1 is 0.917 bits per heavy atom. The monoisotopic (exact) mass is 493 g/mol. The second kappa shape index (κ2) is 10.7. The van der Waals surface area contributed by atoms with Gasteiger partial charge in [-0.25, -0.2) is 4.68 Å². The van der Waals surface area contributed by atoms with Crippen molar-refractivity contribution < 1.29 is 18.0 Å². The van der Waals surface area contributed by atoms with Gasteiger partial charge < -0.3 is 16.4 Å². The van der Waals surface area contributed by atoms with E-state index in [-0.39, 0.29) is 11.6 Å². The molecular weight excluding hydrogens is 467 g/mol. The van der Waals surface area contributed by atoms with Gasteiger partial charge in [0.2, 0.25) is 0 Å². The Balaban J connectivity index is 1.64. The van der Waals surface area contributed by atoms with Crippen molar-refractivity contribution >= 4 is 11.6 Å². The predicted molar refractivity (Wildman–Crippen MR) is 135 cm³/mol. The van der Waals surface area contributed by atoms with Crippen LogP contribution in [-0.2, 0) is 6.18 Å². The number of amides is 1. The normalized spacial score (nSPS) is 11.4. The number of halogens is 3. The lowest BCUT2D eigenvalue weighted by Crippen LogP contribution is -2.18. The molecule has 4 aromatic rings. The Hall–Kier alpha value is -4.11. The summed E-state index contributed by atoms with van der Waals surface area (Å²) in [5, 5.41) is 10.4. The molecule has 36 heavy (non-hydrogen) atoms. The molecule has 1 heterocycles. The van der Waals surface area contributed by atoms with Gasteiger partial charge in [0.1, 0.15) is 0 Å². The third-order valence-corrected chi connectivity index (χ3v) is 5.72. The van der Waals surface area contributed by atoms with Crippen LogP contribution < -0.4 is 16.4 Å². The average Bonchev–Trinajstić information content (AvgIpc) is 3.34. The largest absolute Gasteiger partial charge is 0.416 e. The Kier molecular flexibility index (Phi) is 7.40. The standard InChI is InChI=1S/C27H26F3N5O/c1-32-26(36)24-17-25(35(34-24)23-13-11-22(12-14-23)33-16-2-15-31)20-5-3-18(4-6-20)19-7-9-21(10-8-19)27(28,29)30/h3-14,17,33H,2,15-16,31H2,1H3,(H,32,36). The fraction of sp³-hybridized carbons (Fsp3) is 0.185. The van der Waals surface area contributed by atoms with Crippen LogP contribution in [0.25, 0.3) is 28.1 Å². The summed E-state index contributed by atoms with van der Waals surface area (Å²) in [7, 11) is 1.54. The Labute approximate surface area is 206 Å². The number of hydrogen-bond donors (Lipinski definition) is 3. The molecule has 0 saturated carbocycles. The van der Waals surface area contributed by atoms with Crippen LogP contribution in [0.15, 0.2) is 78.9 Å². The van der Waals surface area contributed by atoms with Gasteiger partial charge in [0.05, 0.1) is 16.9 Å². The number of anilines is 1. The maximum Gasteiger partial charge on any atom is 0.416 e. The molecule has 0 aliphatic rings. The lowest BCUT2D eigenvalue weighted by atomic mass is 10.0. The molecule has 0 bridgehead atoms. The van der Waals surface area contributed by atoms with Crippen molar-refractivity contribution in [3.8, 4) is 28.1 Å². The molecule has 0 saturated heterocycles. The fourth-order valence-electron chi connectivity index (χ4n) is 3.76. The number of carbonyl (C=O) groups is 1. The molecule has 0 radical (unpaired) electrons. The van der Waals surface area contributed by atoms with Crippen molar-refractivity contribution in [3.63, 3.8) is 0 Å². The summed E-state index contributed by atoms with van der Waals surface area (Å²) in [5.41, 5.74) is 9.81. The first-order chi connectivity index (χ1) is 17.3. The summed E-state index contributed by atoms with van der Waals surface area (Å²) in [5.74, 6) is -0.309. The Morgan fingerprint density at radius 3 is 2.06 bits per heavy atom. The number of aromatic nitrogens is 2. The van der Waals surface area contributed by atoms with Crippen LogP contribution in [0, 0.1) is 0 Å². The molecule has 6 nitrogen and oxygen atoms in total. The van der Waals surface area contributed by atoms with Crippen LogP contribution in [0.1, 0.15) is 22.5 Å². The van der Waals surface area contributed by atoms with Gasteiger partial charge in [-0.15, -0.1) is 0 Å². The molecule has 3 aromatic carbocycles. The van der Waals surface area contributed by atoms with Crippen LogP contribution in [0.3, 0.4) is 0 Å². The Morgan fingerprint density at radius 2 is 1.50 bits per heavy atom. The first-order valence-electron chi connectivity index (χ1n) is 11.4. The summed E-state index contributed by atoms with van der Waals surface area (Å²) in [4.78, 5) is 12.3. The van der Waals surface area contributed by atoms with E-state index in [1.165, 1.54) is 12.1 Å². The van der Waals surface area contributed by atoms with Gasteiger partial charge in [0.15, 0.2) is 5.69 Å². The molecule has 0 aliphatic carbocycles. The van der Waals surface area contributed by atoms with Gasteiger partial charge in [0, 0.05) is 24.8 Å². The summed E-state index contributed by atoms with van der Waals surface area (Å²) in [6, 6.07) is 21.8. The zero-order chi connectivity index (χ0) is 25.7. The number of nitrogens with two attached hydrogens (primary N) is 1. The van der Waals surface area contributed by atoms with E-state index in [2.05, 4.69) is 15.7 Å². The highest BCUT2D eigenvalue weighted by Gasteiger charge is 2.30. The third kappa shape index (κ3) is 5.58. The lowest BCUT2D eigenvalue weighted by molar-refractivity contribution is -0.137. The van der Waals surface area contributed by atoms with Crippen molar-refractivity contribution in [1.29, 1.82) is 0 Å². The van der Waals surface area contributed by atoms with Crippen molar-refractivity contribution in [3.05, 3.63) is 90.1 Å². The molecule has 0 spiro atoms. The van der Waals surface area contributed by atoms with Gasteiger partial charge in [-0.3, -0.25) is 4.79 Å². The van der Waals surface area contributed by atoms with Crippen LogP contribution in [-0.4, -0.2) is 35.8 Å². The molecule has 9 heteroatoms. The van der Waals surface area contributed by atoms with Gasteiger partial charge in [-0.2, -0.15) is 18.3 Å². The first-order valence-corrected chi connectivity index (χ1v) is 11.4. The maximum atomic E-state index is 12.9. The van der Waals surface area contributed by atoms with Crippen molar-refractivity contribution in [2.45, 2.75) is 12.6 Å². The number of nitrogens with one attached hydrogen (secondary N) is 2. The van der Waals surface area contributed by atoms with E-state index in [4.69, 9.17) is 5.73 Å². The van der Waals surface area contributed by atoms with Crippen LogP contribution in [0.2, 0.25) is 0 Å². The summed E-state index contributed by atoms with van der Waals surface area (Å²) < 4.78 is 40.3. The van der Waals surface area contributed by atoms with Crippen LogP contribution >= 0.6 is 0 Å². The van der Waals surface area contributed by atoms with E-state index in [0.717, 1.165) is 47.6 Å². The van der Waals surface area contributed by atoms with Gasteiger partial charge >= 0.3 is 6.18 Å². The molecule has 4 rings (SSSR count). The van der Waals surface area contributed by atoms with Gasteiger partial charge in [-0.1, -0.05) is 36.4 Å². The topological polar surface area (TPSA) is 85.0 Å². The van der Waals surface area contributed by atoms with E-state index in [1.807, 2.05) is 48.5 Å². The minimum Gasteiger partial charge on any atom is -0.385 e. The highest BCUT2D eigenvalue weighted by Crippen LogP contribution is 2.32. The van der Waals surface area contributed by atoms with Crippen LogP contribution in [0.5, 0.6) is 0 Å². The first kappa shape index (κ1) is 25.0. The van der Waals surface area contributed by atoms with Crippen LogP contribution in [0.4, 0.5) is 18.9 Å². The van der Waals surface area contributed by atoms with Gasteiger partial charge in [0.25, 0.3) is 5.91 Å². The van der Waals surface area contributed by atoms with E-state index in [9.17, 15) is 18.0 Å². The minimum absolute atomic E-state index is 0.268. The maximum absolute atomic E-state index is 12.9. The smallest absolute Gasteiger partial charge is 0.385 e. The number of hydrogen-bond acceptors (Lipinski definition) is 4. The zero-order valence-electron chi connectivity index (χ0n) is 19.6. The molecule has 186 valence electrons. The molecule has 0 atom stereocenters. The van der Waals surface area contributed by atoms with E-state index >= 15 is 0 Å². The lowest BCUT2D eigenvalue weighted by Gasteiger charge is -2.11. The number of carbonyl (C=O) groups excluding carboxylic acids is 1. The highest BCUT2D eigenvalue weighted by atomic mass is 19.4. The molecule has 4 N–H and O–H groups in total. The quantitative estimate of drug-likeness (QED) is 0.289. The number of rotatable bonds is 8. The molecular formula is C27H26F3N5O. The number of alkyl halides is 3.